The molecule has 1 heterocycles. The third-order valence-corrected chi connectivity index (χ3v) is 3.24. The molecule has 0 saturated heterocycles. The van der Waals surface area contributed by atoms with Crippen LogP contribution in [-0.4, -0.2) is 28.5 Å². The van der Waals surface area contributed by atoms with E-state index in [1.165, 1.54) is 0 Å². The summed E-state index contributed by atoms with van der Waals surface area (Å²) in [5, 5.41) is 4.24. The highest BCUT2D eigenvalue weighted by Gasteiger charge is 1.99. The molecule has 84 valence electrons. The second-order valence-electron chi connectivity index (χ2n) is 3.32. The third kappa shape index (κ3) is 2.86. The normalized spacial score (nSPS) is 10.6. The Morgan fingerprint density at radius 1 is 1.44 bits per heavy atom. The van der Waals surface area contributed by atoms with E-state index in [-0.39, 0.29) is 0 Å². The van der Waals surface area contributed by atoms with Gasteiger partial charge in [0.05, 0.1) is 5.52 Å². The molecule has 1 N–H and O–H groups in total. The first-order valence-corrected chi connectivity index (χ1v) is 7.13. The first-order chi connectivity index (χ1) is 7.79. The van der Waals surface area contributed by atoms with E-state index in [2.05, 4.69) is 37.5 Å². The van der Waals surface area contributed by atoms with Gasteiger partial charge < -0.3 is 5.32 Å². The number of hydrogen-bond acceptors (Lipinski definition) is 4. The Bertz CT molecular complexity index is 490. The molecule has 0 saturated carbocycles. The fourth-order valence-electron chi connectivity index (χ4n) is 1.35. The monoisotopic (exact) mass is 297 g/mol. The van der Waals surface area contributed by atoms with Crippen molar-refractivity contribution in [3.05, 3.63) is 28.9 Å². The van der Waals surface area contributed by atoms with Crippen molar-refractivity contribution in [3.63, 3.8) is 0 Å². The number of thioether (sulfide) groups is 1. The number of fused-ring (bicyclic) bond motifs is 1. The van der Waals surface area contributed by atoms with Crippen molar-refractivity contribution in [2.45, 2.75) is 0 Å². The maximum absolute atomic E-state index is 4.44. The largest absolute Gasteiger partial charge is 0.353 e. The zero-order valence-electron chi connectivity index (χ0n) is 8.90. The molecule has 2 rings (SSSR count). The van der Waals surface area contributed by atoms with Gasteiger partial charge in [0.25, 0.3) is 0 Å². The predicted molar refractivity (Wildman–Crippen MR) is 74.1 cm³/mol. The molecule has 3 nitrogen and oxygen atoms in total. The Balaban J connectivity index is 2.20. The Labute approximate surface area is 107 Å². The predicted octanol–water partition coefficient (Wildman–Crippen LogP) is 3.17. The maximum Gasteiger partial charge on any atom is 0.223 e. The van der Waals surface area contributed by atoms with Crippen LogP contribution in [0.4, 0.5) is 5.95 Å². The van der Waals surface area contributed by atoms with E-state index in [1.54, 1.807) is 11.8 Å². The summed E-state index contributed by atoms with van der Waals surface area (Å²) in [6, 6.07) is 5.99. The number of nitrogens with zero attached hydrogens (tertiary/aromatic N) is 2. The minimum Gasteiger partial charge on any atom is -0.353 e. The molecule has 0 spiro atoms. The molecule has 5 heteroatoms. The average Bonchev–Trinajstić information content (AvgIpc) is 2.29. The van der Waals surface area contributed by atoms with Gasteiger partial charge in [-0.05, 0) is 24.5 Å². The van der Waals surface area contributed by atoms with Crippen LogP contribution >= 0.6 is 27.7 Å². The molecule has 0 aliphatic heterocycles. The zero-order valence-corrected chi connectivity index (χ0v) is 11.3. The standard InChI is InChI=1S/C11H12BrN3S/c1-16-5-4-13-11-14-7-8-6-9(12)2-3-10(8)15-11/h2-3,6-7H,4-5H2,1H3,(H,13,14,15). The van der Waals surface area contributed by atoms with E-state index in [4.69, 9.17) is 0 Å². The minimum atomic E-state index is 0.698. The number of halogens is 1. The fraction of sp³-hybridized carbons (Fsp3) is 0.273. The highest BCUT2D eigenvalue weighted by molar-refractivity contribution is 9.10. The molecule has 1 aromatic carbocycles. The lowest BCUT2D eigenvalue weighted by Crippen LogP contribution is -2.06. The zero-order chi connectivity index (χ0) is 11.4. The van der Waals surface area contributed by atoms with Crippen molar-refractivity contribution in [3.8, 4) is 0 Å². The SMILES string of the molecule is CSCCNc1ncc2cc(Br)ccc2n1. The van der Waals surface area contributed by atoms with Crippen LogP contribution in [0, 0.1) is 0 Å². The molecular weight excluding hydrogens is 286 g/mol. The average molecular weight is 298 g/mol. The van der Waals surface area contributed by atoms with Crippen LogP contribution in [0.3, 0.4) is 0 Å². The summed E-state index contributed by atoms with van der Waals surface area (Å²) >= 11 is 5.23. The highest BCUT2D eigenvalue weighted by atomic mass is 79.9. The van der Waals surface area contributed by atoms with Gasteiger partial charge in [-0.2, -0.15) is 11.8 Å². The number of aromatic nitrogens is 2. The van der Waals surface area contributed by atoms with Gasteiger partial charge in [0.1, 0.15) is 0 Å². The van der Waals surface area contributed by atoms with Gasteiger partial charge in [-0.3, -0.25) is 0 Å². The van der Waals surface area contributed by atoms with Gasteiger partial charge in [-0.25, -0.2) is 9.97 Å². The van der Waals surface area contributed by atoms with Gasteiger partial charge in [0, 0.05) is 28.4 Å². The third-order valence-electron chi connectivity index (χ3n) is 2.13. The van der Waals surface area contributed by atoms with Crippen molar-refractivity contribution in [1.82, 2.24) is 9.97 Å². The first kappa shape index (κ1) is 11.7. The highest BCUT2D eigenvalue weighted by Crippen LogP contribution is 2.18. The van der Waals surface area contributed by atoms with Crippen LogP contribution in [0.1, 0.15) is 0 Å². The Kier molecular flexibility index (Phi) is 4.01. The minimum absolute atomic E-state index is 0.698. The van der Waals surface area contributed by atoms with Gasteiger partial charge in [0.15, 0.2) is 0 Å². The summed E-state index contributed by atoms with van der Waals surface area (Å²) in [6.07, 6.45) is 3.93. The van der Waals surface area contributed by atoms with Crippen LogP contribution in [0.15, 0.2) is 28.9 Å². The van der Waals surface area contributed by atoms with Crippen LogP contribution in [-0.2, 0) is 0 Å². The van der Waals surface area contributed by atoms with Crippen molar-refractivity contribution in [2.24, 2.45) is 0 Å². The van der Waals surface area contributed by atoms with E-state index in [0.717, 1.165) is 27.7 Å². The summed E-state index contributed by atoms with van der Waals surface area (Å²) < 4.78 is 1.05. The van der Waals surface area contributed by atoms with Crippen LogP contribution in [0.2, 0.25) is 0 Å². The number of benzene rings is 1. The van der Waals surface area contributed by atoms with Crippen LogP contribution in [0.25, 0.3) is 10.9 Å². The Morgan fingerprint density at radius 2 is 2.31 bits per heavy atom. The lowest BCUT2D eigenvalue weighted by Gasteiger charge is -2.04. The molecular formula is C11H12BrN3S. The molecule has 0 amide bonds. The van der Waals surface area contributed by atoms with Crippen molar-refractivity contribution >= 4 is 44.5 Å². The van der Waals surface area contributed by atoms with Gasteiger partial charge in [-0.15, -0.1) is 0 Å². The summed E-state index contributed by atoms with van der Waals surface area (Å²) in [5.74, 6) is 1.76. The van der Waals surface area contributed by atoms with Gasteiger partial charge in [-0.1, -0.05) is 15.9 Å². The van der Waals surface area contributed by atoms with Crippen molar-refractivity contribution in [2.75, 3.05) is 23.9 Å². The van der Waals surface area contributed by atoms with Crippen LogP contribution in [0.5, 0.6) is 0 Å². The summed E-state index contributed by atoms with van der Waals surface area (Å²) in [6.45, 7) is 0.892. The van der Waals surface area contributed by atoms with E-state index >= 15 is 0 Å². The van der Waals surface area contributed by atoms with E-state index in [1.807, 2.05) is 24.4 Å². The summed E-state index contributed by atoms with van der Waals surface area (Å²) in [4.78, 5) is 8.70. The van der Waals surface area contributed by atoms with Crippen molar-refractivity contribution in [1.29, 1.82) is 0 Å². The molecule has 16 heavy (non-hydrogen) atoms. The summed E-state index contributed by atoms with van der Waals surface area (Å²) in [7, 11) is 0. The molecule has 0 aliphatic carbocycles. The van der Waals surface area contributed by atoms with E-state index in [9.17, 15) is 0 Å². The Hall–Kier alpha value is -0.810. The fourth-order valence-corrected chi connectivity index (χ4v) is 2.04. The van der Waals surface area contributed by atoms with Crippen molar-refractivity contribution < 1.29 is 0 Å². The molecule has 0 atom stereocenters. The lowest BCUT2D eigenvalue weighted by atomic mass is 10.2. The molecule has 0 unspecified atom stereocenters. The molecule has 0 bridgehead atoms. The second-order valence-corrected chi connectivity index (χ2v) is 5.22. The topological polar surface area (TPSA) is 37.8 Å². The number of nitrogens with one attached hydrogen (secondary N) is 1. The summed E-state index contributed by atoms with van der Waals surface area (Å²) in [5.41, 5.74) is 0.963. The van der Waals surface area contributed by atoms with Crippen LogP contribution < -0.4 is 5.32 Å². The molecule has 0 aliphatic rings. The van der Waals surface area contributed by atoms with Gasteiger partial charge >= 0.3 is 0 Å². The smallest absolute Gasteiger partial charge is 0.223 e. The first-order valence-electron chi connectivity index (χ1n) is 4.95. The maximum atomic E-state index is 4.44. The quantitative estimate of drug-likeness (QED) is 0.880. The molecule has 0 fully saturated rings. The Morgan fingerprint density at radius 3 is 3.12 bits per heavy atom. The number of hydrogen-bond donors (Lipinski definition) is 1. The second kappa shape index (κ2) is 5.50. The number of anilines is 1. The van der Waals surface area contributed by atoms with Gasteiger partial charge in [0.2, 0.25) is 5.95 Å². The molecule has 2 aromatic rings. The molecule has 1 aromatic heterocycles. The lowest BCUT2D eigenvalue weighted by molar-refractivity contribution is 1.12. The van der Waals surface area contributed by atoms with E-state index < -0.39 is 0 Å². The number of rotatable bonds is 4. The van der Waals surface area contributed by atoms with E-state index in [0.29, 0.717) is 5.95 Å². The molecule has 0 radical (unpaired) electrons.